The van der Waals surface area contributed by atoms with Crippen LogP contribution in [0.2, 0.25) is 0 Å². The predicted molar refractivity (Wildman–Crippen MR) is 77.2 cm³/mol. The molecule has 1 aliphatic rings. The molecular formula is C16H19NO3. The van der Waals surface area contributed by atoms with E-state index < -0.39 is 5.97 Å². The maximum absolute atomic E-state index is 11.2. The zero-order valence-electron chi connectivity index (χ0n) is 11.8. The summed E-state index contributed by atoms with van der Waals surface area (Å²) in [6.07, 6.45) is 3.28. The molecule has 2 heterocycles. The zero-order chi connectivity index (χ0) is 14.3. The van der Waals surface area contributed by atoms with Crippen molar-refractivity contribution < 1.29 is 14.6 Å². The van der Waals surface area contributed by atoms with Crippen LogP contribution in [0, 0.1) is 13.8 Å². The van der Waals surface area contributed by atoms with Gasteiger partial charge in [-0.1, -0.05) is 6.07 Å². The SMILES string of the molecule is Cc1c(C)n(C2CCCCO2)c2cc(C(=O)O)ccc12. The molecule has 4 nitrogen and oxygen atoms in total. The summed E-state index contributed by atoms with van der Waals surface area (Å²) >= 11 is 0. The van der Waals surface area contributed by atoms with Crippen LogP contribution in [0.3, 0.4) is 0 Å². The van der Waals surface area contributed by atoms with Crippen molar-refractivity contribution in [2.45, 2.75) is 39.3 Å². The number of aromatic nitrogens is 1. The smallest absolute Gasteiger partial charge is 0.335 e. The number of rotatable bonds is 2. The second-order valence-electron chi connectivity index (χ2n) is 5.44. The van der Waals surface area contributed by atoms with Crippen LogP contribution in [-0.4, -0.2) is 22.2 Å². The minimum Gasteiger partial charge on any atom is -0.478 e. The largest absolute Gasteiger partial charge is 0.478 e. The first kappa shape index (κ1) is 13.2. The Morgan fingerprint density at radius 3 is 2.80 bits per heavy atom. The normalized spacial score (nSPS) is 19.4. The maximum atomic E-state index is 11.2. The lowest BCUT2D eigenvalue weighted by Crippen LogP contribution is -2.19. The van der Waals surface area contributed by atoms with Crippen LogP contribution in [0.15, 0.2) is 18.2 Å². The molecule has 4 heteroatoms. The Morgan fingerprint density at radius 1 is 1.35 bits per heavy atom. The third kappa shape index (κ3) is 2.00. The molecule has 1 atom stereocenters. The first-order valence-corrected chi connectivity index (χ1v) is 7.05. The van der Waals surface area contributed by atoms with Gasteiger partial charge in [0, 0.05) is 17.7 Å². The van der Waals surface area contributed by atoms with E-state index in [1.165, 1.54) is 5.56 Å². The summed E-state index contributed by atoms with van der Waals surface area (Å²) in [5.74, 6) is -0.889. The van der Waals surface area contributed by atoms with Gasteiger partial charge in [-0.3, -0.25) is 0 Å². The van der Waals surface area contributed by atoms with Crippen LogP contribution in [0.1, 0.15) is 47.1 Å². The van der Waals surface area contributed by atoms with E-state index in [1.807, 2.05) is 6.07 Å². The van der Waals surface area contributed by atoms with Gasteiger partial charge in [0.2, 0.25) is 0 Å². The van der Waals surface area contributed by atoms with E-state index >= 15 is 0 Å². The van der Waals surface area contributed by atoms with E-state index in [2.05, 4.69) is 18.4 Å². The van der Waals surface area contributed by atoms with Crippen LogP contribution in [-0.2, 0) is 4.74 Å². The second-order valence-corrected chi connectivity index (χ2v) is 5.44. The van der Waals surface area contributed by atoms with Gasteiger partial charge in [0.15, 0.2) is 0 Å². The quantitative estimate of drug-likeness (QED) is 0.908. The molecule has 1 saturated heterocycles. The van der Waals surface area contributed by atoms with Crippen molar-refractivity contribution in [1.82, 2.24) is 4.57 Å². The minimum atomic E-state index is -0.889. The van der Waals surface area contributed by atoms with Crippen LogP contribution < -0.4 is 0 Å². The number of aromatic carboxylic acids is 1. The fraction of sp³-hybridized carbons (Fsp3) is 0.438. The number of carboxylic acids is 1. The van der Waals surface area contributed by atoms with Crippen molar-refractivity contribution in [3.05, 3.63) is 35.0 Å². The highest BCUT2D eigenvalue weighted by molar-refractivity contribution is 5.95. The van der Waals surface area contributed by atoms with E-state index in [1.54, 1.807) is 12.1 Å². The number of carboxylic acid groups (broad SMARTS) is 1. The summed E-state index contributed by atoms with van der Waals surface area (Å²) < 4.78 is 8.05. The fourth-order valence-electron chi connectivity index (χ4n) is 3.04. The molecule has 20 heavy (non-hydrogen) atoms. The van der Waals surface area contributed by atoms with Gasteiger partial charge in [0.1, 0.15) is 6.23 Å². The highest BCUT2D eigenvalue weighted by Gasteiger charge is 2.22. The van der Waals surface area contributed by atoms with Gasteiger partial charge in [-0.2, -0.15) is 0 Å². The van der Waals surface area contributed by atoms with Crippen LogP contribution in [0.25, 0.3) is 10.9 Å². The summed E-state index contributed by atoms with van der Waals surface area (Å²) in [6, 6.07) is 5.33. The molecule has 106 valence electrons. The number of aryl methyl sites for hydroxylation is 1. The number of ether oxygens (including phenoxy) is 1. The van der Waals surface area contributed by atoms with Gasteiger partial charge in [0.05, 0.1) is 11.1 Å². The highest BCUT2D eigenvalue weighted by Crippen LogP contribution is 2.33. The van der Waals surface area contributed by atoms with Crippen molar-refractivity contribution in [2.24, 2.45) is 0 Å². The van der Waals surface area contributed by atoms with Gasteiger partial charge in [-0.15, -0.1) is 0 Å². The minimum absolute atomic E-state index is 0.0315. The molecule has 1 fully saturated rings. The van der Waals surface area contributed by atoms with Gasteiger partial charge >= 0.3 is 5.97 Å². The highest BCUT2D eigenvalue weighted by atomic mass is 16.5. The lowest BCUT2D eigenvalue weighted by Gasteiger charge is -2.26. The number of hydrogen-bond acceptors (Lipinski definition) is 2. The number of hydrogen-bond donors (Lipinski definition) is 1. The molecule has 1 unspecified atom stereocenters. The van der Waals surface area contributed by atoms with E-state index in [9.17, 15) is 9.90 Å². The summed E-state index contributed by atoms with van der Waals surface area (Å²) in [5, 5.41) is 10.3. The summed E-state index contributed by atoms with van der Waals surface area (Å²) in [4.78, 5) is 11.2. The molecule has 0 radical (unpaired) electrons. The molecule has 1 N–H and O–H groups in total. The molecule has 1 aromatic carbocycles. The van der Waals surface area contributed by atoms with Crippen LogP contribution >= 0.6 is 0 Å². The van der Waals surface area contributed by atoms with Gasteiger partial charge < -0.3 is 14.4 Å². The van der Waals surface area contributed by atoms with Crippen molar-refractivity contribution in [2.75, 3.05) is 6.61 Å². The fourth-order valence-corrected chi connectivity index (χ4v) is 3.04. The van der Waals surface area contributed by atoms with Crippen LogP contribution in [0.5, 0.6) is 0 Å². The predicted octanol–water partition coefficient (Wildman–Crippen LogP) is 3.66. The molecular weight excluding hydrogens is 254 g/mol. The molecule has 0 amide bonds. The Labute approximate surface area is 118 Å². The maximum Gasteiger partial charge on any atom is 0.335 e. The monoisotopic (exact) mass is 273 g/mol. The average molecular weight is 273 g/mol. The first-order chi connectivity index (χ1) is 9.59. The Hall–Kier alpha value is -1.81. The number of fused-ring (bicyclic) bond motifs is 1. The van der Waals surface area contributed by atoms with Crippen molar-refractivity contribution in [3.8, 4) is 0 Å². The molecule has 0 aliphatic carbocycles. The van der Waals surface area contributed by atoms with Crippen molar-refractivity contribution in [3.63, 3.8) is 0 Å². The second kappa shape index (κ2) is 4.94. The lowest BCUT2D eigenvalue weighted by atomic mass is 10.1. The van der Waals surface area contributed by atoms with E-state index in [0.717, 1.165) is 42.5 Å². The Balaban J connectivity index is 2.20. The number of benzene rings is 1. The zero-order valence-corrected chi connectivity index (χ0v) is 11.8. The van der Waals surface area contributed by atoms with Gasteiger partial charge in [-0.25, -0.2) is 4.79 Å². The topological polar surface area (TPSA) is 51.5 Å². The van der Waals surface area contributed by atoms with Crippen molar-refractivity contribution >= 4 is 16.9 Å². The third-order valence-corrected chi connectivity index (χ3v) is 4.26. The molecule has 1 aromatic heterocycles. The van der Waals surface area contributed by atoms with E-state index in [4.69, 9.17) is 4.74 Å². The lowest BCUT2D eigenvalue weighted by molar-refractivity contribution is -0.0302. The summed E-state index contributed by atoms with van der Waals surface area (Å²) in [6.45, 7) is 4.94. The first-order valence-electron chi connectivity index (χ1n) is 7.05. The molecule has 0 spiro atoms. The molecule has 0 saturated carbocycles. The Morgan fingerprint density at radius 2 is 2.15 bits per heavy atom. The average Bonchev–Trinajstić information content (AvgIpc) is 2.71. The van der Waals surface area contributed by atoms with Crippen molar-refractivity contribution in [1.29, 1.82) is 0 Å². The van der Waals surface area contributed by atoms with Gasteiger partial charge in [-0.05, 0) is 50.8 Å². The van der Waals surface area contributed by atoms with E-state index in [0.29, 0.717) is 5.56 Å². The molecule has 3 rings (SSSR count). The molecule has 2 aromatic rings. The summed E-state index contributed by atoms with van der Waals surface area (Å²) in [5.41, 5.74) is 3.65. The third-order valence-electron chi connectivity index (χ3n) is 4.26. The summed E-state index contributed by atoms with van der Waals surface area (Å²) in [7, 11) is 0. The Bertz CT molecular complexity index is 666. The molecule has 0 bridgehead atoms. The number of carbonyl (C=O) groups is 1. The van der Waals surface area contributed by atoms with E-state index in [-0.39, 0.29) is 6.23 Å². The standard InChI is InChI=1S/C16H19NO3/c1-10-11(2)17(15-5-3-4-8-20-15)14-9-12(16(18)19)6-7-13(10)14/h6-7,9,15H,3-5,8H2,1-2H3,(H,18,19). The van der Waals surface area contributed by atoms with Gasteiger partial charge in [0.25, 0.3) is 0 Å². The Kier molecular flexibility index (Phi) is 3.26. The number of nitrogens with zero attached hydrogens (tertiary/aromatic N) is 1. The van der Waals surface area contributed by atoms with Crippen LogP contribution in [0.4, 0.5) is 0 Å². The molecule has 1 aliphatic heterocycles.